The Morgan fingerprint density at radius 1 is 0.969 bits per heavy atom. The Hall–Kier alpha value is -2.70. The van der Waals surface area contributed by atoms with Gasteiger partial charge in [-0.1, -0.05) is 45.4 Å². The number of aryl methyl sites for hydroxylation is 3. The van der Waals surface area contributed by atoms with E-state index in [0.29, 0.717) is 12.1 Å². The lowest BCUT2D eigenvalue weighted by Crippen LogP contribution is -2.34. The van der Waals surface area contributed by atoms with Gasteiger partial charge in [0.15, 0.2) is 12.4 Å². The summed E-state index contributed by atoms with van der Waals surface area (Å²) in [4.78, 5) is 11.1. The Morgan fingerprint density at radius 2 is 1.62 bits per heavy atom. The van der Waals surface area contributed by atoms with E-state index >= 15 is 0 Å². The zero-order valence-electron chi connectivity index (χ0n) is 19.0. The molecule has 0 aliphatic carbocycles. The lowest BCUT2D eigenvalue weighted by Gasteiger charge is -2.13. The van der Waals surface area contributed by atoms with Gasteiger partial charge in [-0.15, -0.1) is 0 Å². The molecule has 1 amide bonds. The Kier molecular flexibility index (Phi) is 11.5. The molecule has 0 saturated carbocycles. The van der Waals surface area contributed by atoms with Crippen LogP contribution in [0.1, 0.15) is 69.4 Å². The van der Waals surface area contributed by atoms with Crippen LogP contribution >= 0.6 is 0 Å². The average Bonchev–Trinajstić information content (AvgIpc) is 2.79. The zero-order valence-corrected chi connectivity index (χ0v) is 19.0. The van der Waals surface area contributed by atoms with Crippen LogP contribution in [0.4, 0.5) is 14.5 Å². The summed E-state index contributed by atoms with van der Waals surface area (Å²) in [7, 11) is 0. The SMILES string of the molecule is CCCCCCCCCC[n+]1ccc(CCc2cc(O)ccc2NNC(=O)C(F)F)cc1. The number of rotatable bonds is 15. The third-order valence-corrected chi connectivity index (χ3v) is 5.52. The Labute approximate surface area is 189 Å². The number of phenolic OH excluding ortho intramolecular Hbond substituents is 1. The largest absolute Gasteiger partial charge is 0.508 e. The molecule has 0 aliphatic heterocycles. The first-order valence-corrected chi connectivity index (χ1v) is 11.6. The lowest BCUT2D eigenvalue weighted by molar-refractivity contribution is -0.697. The fraction of sp³-hybridized carbons (Fsp3) is 0.520. The maximum atomic E-state index is 12.4. The van der Waals surface area contributed by atoms with Crippen LogP contribution in [0.3, 0.4) is 0 Å². The molecule has 2 aromatic rings. The van der Waals surface area contributed by atoms with E-state index in [2.05, 4.69) is 41.4 Å². The van der Waals surface area contributed by atoms with Crippen LogP contribution in [-0.4, -0.2) is 17.4 Å². The number of nitrogens with zero attached hydrogens (tertiary/aromatic N) is 1. The highest BCUT2D eigenvalue weighted by molar-refractivity contribution is 5.80. The van der Waals surface area contributed by atoms with E-state index in [1.54, 1.807) is 12.1 Å². The topological polar surface area (TPSA) is 65.2 Å². The molecule has 0 fully saturated rings. The van der Waals surface area contributed by atoms with Crippen molar-refractivity contribution in [3.05, 3.63) is 53.9 Å². The zero-order chi connectivity index (χ0) is 23.2. The second-order valence-corrected chi connectivity index (χ2v) is 8.18. The molecule has 32 heavy (non-hydrogen) atoms. The van der Waals surface area contributed by atoms with Crippen LogP contribution in [0, 0.1) is 0 Å². The molecular formula is C25H36F2N3O2+. The number of carbonyl (C=O) groups excluding carboxylic acids is 1. The second kappa shape index (κ2) is 14.4. The van der Waals surface area contributed by atoms with Crippen molar-refractivity contribution in [2.75, 3.05) is 5.43 Å². The third kappa shape index (κ3) is 9.62. The standard InChI is InChI=1S/C25H35F2N3O2/c1-2-3-4-5-6-7-8-9-16-30-17-14-20(15-18-30)10-11-21-19-22(31)12-13-23(21)28-29-25(32)24(26)27/h12-15,17-19,24,28H,2-11,16H2,1H3,(H-,29,31,32)/p+1. The summed E-state index contributed by atoms with van der Waals surface area (Å²) in [5.41, 5.74) is 6.86. The summed E-state index contributed by atoms with van der Waals surface area (Å²) in [5, 5.41) is 9.77. The van der Waals surface area contributed by atoms with Gasteiger partial charge in [0.1, 0.15) is 12.3 Å². The molecule has 7 heteroatoms. The highest BCUT2D eigenvalue weighted by Crippen LogP contribution is 2.22. The van der Waals surface area contributed by atoms with Crippen molar-refractivity contribution in [2.24, 2.45) is 0 Å². The molecule has 0 unspecified atom stereocenters. The molecule has 2 rings (SSSR count). The van der Waals surface area contributed by atoms with Gasteiger partial charge < -0.3 is 5.11 Å². The Bertz CT molecular complexity index is 813. The fourth-order valence-electron chi connectivity index (χ4n) is 3.60. The summed E-state index contributed by atoms with van der Waals surface area (Å²) in [5.74, 6) is -1.31. The van der Waals surface area contributed by atoms with Gasteiger partial charge in [0.25, 0.3) is 0 Å². The van der Waals surface area contributed by atoms with Crippen molar-refractivity contribution in [1.29, 1.82) is 0 Å². The third-order valence-electron chi connectivity index (χ3n) is 5.52. The maximum Gasteiger partial charge on any atom is 0.317 e. The number of aromatic nitrogens is 1. The van der Waals surface area contributed by atoms with Gasteiger partial charge >= 0.3 is 12.3 Å². The number of carbonyl (C=O) groups is 1. The Balaban J connectivity index is 1.77. The van der Waals surface area contributed by atoms with Crippen LogP contribution in [0.2, 0.25) is 0 Å². The van der Waals surface area contributed by atoms with Gasteiger partial charge in [-0.3, -0.25) is 15.6 Å². The van der Waals surface area contributed by atoms with E-state index in [1.165, 1.54) is 57.4 Å². The van der Waals surface area contributed by atoms with Crippen LogP contribution in [0.15, 0.2) is 42.7 Å². The smallest absolute Gasteiger partial charge is 0.317 e. The highest BCUT2D eigenvalue weighted by atomic mass is 19.3. The van der Waals surface area contributed by atoms with E-state index in [0.717, 1.165) is 24.1 Å². The minimum absolute atomic E-state index is 0.0852. The van der Waals surface area contributed by atoms with Crippen molar-refractivity contribution in [2.45, 2.75) is 84.1 Å². The second-order valence-electron chi connectivity index (χ2n) is 8.18. The first-order valence-electron chi connectivity index (χ1n) is 11.6. The number of aromatic hydroxyl groups is 1. The lowest BCUT2D eigenvalue weighted by atomic mass is 10.0. The molecule has 1 aromatic carbocycles. The number of hydrogen-bond donors (Lipinski definition) is 3. The summed E-state index contributed by atoms with van der Waals surface area (Å²) >= 11 is 0. The van der Waals surface area contributed by atoms with Crippen molar-refractivity contribution in [3.8, 4) is 5.75 Å². The van der Waals surface area contributed by atoms with Crippen molar-refractivity contribution in [3.63, 3.8) is 0 Å². The van der Waals surface area contributed by atoms with E-state index in [4.69, 9.17) is 0 Å². The summed E-state index contributed by atoms with van der Waals surface area (Å²) in [6, 6.07) is 8.73. The van der Waals surface area contributed by atoms with E-state index in [1.807, 2.05) is 5.43 Å². The van der Waals surface area contributed by atoms with Crippen LogP contribution in [0.5, 0.6) is 5.75 Å². The number of hydrogen-bond acceptors (Lipinski definition) is 3. The van der Waals surface area contributed by atoms with Gasteiger partial charge in [0.2, 0.25) is 0 Å². The summed E-state index contributed by atoms with van der Waals surface area (Å²) in [6.07, 6.45) is 12.8. The minimum Gasteiger partial charge on any atom is -0.508 e. The van der Waals surface area contributed by atoms with E-state index in [-0.39, 0.29) is 5.75 Å². The first-order chi connectivity index (χ1) is 15.5. The number of phenols is 1. The molecule has 3 N–H and O–H groups in total. The number of hydrazine groups is 1. The molecule has 0 saturated heterocycles. The molecule has 0 aliphatic rings. The number of pyridine rings is 1. The van der Waals surface area contributed by atoms with Gasteiger partial charge in [-0.2, -0.15) is 8.78 Å². The molecule has 0 radical (unpaired) electrons. The number of amides is 1. The van der Waals surface area contributed by atoms with Crippen LogP contribution < -0.4 is 15.4 Å². The monoisotopic (exact) mass is 448 g/mol. The molecule has 1 aromatic heterocycles. The van der Waals surface area contributed by atoms with Crippen molar-refractivity contribution >= 4 is 11.6 Å². The predicted octanol–water partition coefficient (Wildman–Crippen LogP) is 5.31. The van der Waals surface area contributed by atoms with Gasteiger partial charge in [-0.05, 0) is 48.6 Å². The molecular weight excluding hydrogens is 412 g/mol. The predicted molar refractivity (Wildman–Crippen MR) is 123 cm³/mol. The summed E-state index contributed by atoms with van der Waals surface area (Å²) < 4.78 is 26.9. The highest BCUT2D eigenvalue weighted by Gasteiger charge is 2.15. The van der Waals surface area contributed by atoms with Crippen molar-refractivity contribution in [1.82, 2.24) is 5.43 Å². The van der Waals surface area contributed by atoms with Crippen LogP contribution in [0.25, 0.3) is 0 Å². The van der Waals surface area contributed by atoms with E-state index in [9.17, 15) is 18.7 Å². The van der Waals surface area contributed by atoms with Crippen molar-refractivity contribution < 1.29 is 23.2 Å². The van der Waals surface area contributed by atoms with Crippen LogP contribution in [-0.2, 0) is 24.2 Å². The average molecular weight is 449 g/mol. The molecule has 176 valence electrons. The normalized spacial score (nSPS) is 11.0. The maximum absolute atomic E-state index is 12.4. The van der Waals surface area contributed by atoms with Gasteiger partial charge in [0, 0.05) is 18.6 Å². The van der Waals surface area contributed by atoms with Gasteiger partial charge in [0.05, 0.1) is 5.69 Å². The first kappa shape index (κ1) is 25.6. The number of alkyl halides is 2. The molecule has 0 spiro atoms. The minimum atomic E-state index is -3.09. The number of unbranched alkanes of at least 4 members (excludes halogenated alkanes) is 7. The Morgan fingerprint density at radius 3 is 2.28 bits per heavy atom. The number of nitrogens with one attached hydrogen (secondary N) is 2. The number of benzene rings is 1. The number of halogens is 2. The quantitative estimate of drug-likeness (QED) is 0.150. The summed E-state index contributed by atoms with van der Waals surface area (Å²) in [6.45, 7) is 3.25. The molecule has 5 nitrogen and oxygen atoms in total. The fourth-order valence-corrected chi connectivity index (χ4v) is 3.60. The molecule has 0 atom stereocenters. The molecule has 1 heterocycles. The number of anilines is 1. The van der Waals surface area contributed by atoms with Gasteiger partial charge in [-0.25, -0.2) is 4.57 Å². The van der Waals surface area contributed by atoms with E-state index < -0.39 is 12.3 Å². The molecule has 0 bridgehead atoms.